The molecule has 2 aromatic carbocycles. The number of carbonyl (C=O) groups excluding carboxylic acids is 1. The second kappa shape index (κ2) is 15.6. The predicted octanol–water partition coefficient (Wildman–Crippen LogP) is 3.22. The number of carbonyl (C=O) groups is 3. The van der Waals surface area contributed by atoms with Crippen molar-refractivity contribution < 1.29 is 39.5 Å². The summed E-state index contributed by atoms with van der Waals surface area (Å²) in [6.45, 7) is 5.24. The van der Waals surface area contributed by atoms with E-state index in [9.17, 15) is 29.7 Å². The molecule has 0 spiro atoms. The molecule has 0 bridgehead atoms. The van der Waals surface area contributed by atoms with Crippen molar-refractivity contribution in [2.75, 3.05) is 26.4 Å². The number of hydrogen-bond donors (Lipinski definition) is 4. The van der Waals surface area contributed by atoms with Gasteiger partial charge in [0.15, 0.2) is 0 Å². The second-order valence-corrected chi connectivity index (χ2v) is 9.80. The standard InChI is InChI=1S/C28H38N2O8/c1-20(2)3-4-21-5-8-25(32)23(13-21)15-29(17-28(36)37)11-12-30(18-38-19-31)16-24-14-22(6-9-26(24)33)7-10-27(34)35/h5-6,8-9,13-14,19-20,32-33H,3-4,7,10-12,15-18H2,1-2H3,(H,34,35)(H,36,37). The summed E-state index contributed by atoms with van der Waals surface area (Å²) in [5.74, 6) is -1.29. The van der Waals surface area contributed by atoms with Crippen LogP contribution in [0.4, 0.5) is 0 Å². The number of aryl methyl sites for hydroxylation is 2. The van der Waals surface area contributed by atoms with Crippen molar-refractivity contribution in [1.82, 2.24) is 9.80 Å². The number of aromatic hydroxyl groups is 2. The van der Waals surface area contributed by atoms with Crippen molar-refractivity contribution in [2.24, 2.45) is 5.92 Å². The maximum atomic E-state index is 11.6. The Balaban J connectivity index is 2.15. The van der Waals surface area contributed by atoms with Gasteiger partial charge in [-0.15, -0.1) is 0 Å². The fourth-order valence-corrected chi connectivity index (χ4v) is 4.04. The van der Waals surface area contributed by atoms with Gasteiger partial charge in [-0.3, -0.25) is 24.2 Å². The zero-order valence-corrected chi connectivity index (χ0v) is 22.0. The fraction of sp³-hybridized carbons (Fsp3) is 0.464. The van der Waals surface area contributed by atoms with Crippen molar-refractivity contribution in [2.45, 2.75) is 52.6 Å². The van der Waals surface area contributed by atoms with Gasteiger partial charge in [0.05, 0.1) is 6.54 Å². The lowest BCUT2D eigenvalue weighted by atomic mass is 10.0. The fourth-order valence-electron chi connectivity index (χ4n) is 4.04. The van der Waals surface area contributed by atoms with E-state index in [1.54, 1.807) is 28.0 Å². The van der Waals surface area contributed by atoms with Crippen molar-refractivity contribution in [1.29, 1.82) is 0 Å². The molecule has 0 heterocycles. The molecule has 0 aliphatic rings. The summed E-state index contributed by atoms with van der Waals surface area (Å²) in [6, 6.07) is 10.3. The molecule has 38 heavy (non-hydrogen) atoms. The zero-order chi connectivity index (χ0) is 28.1. The molecule has 208 valence electrons. The number of benzene rings is 2. The Morgan fingerprint density at radius 1 is 0.868 bits per heavy atom. The van der Waals surface area contributed by atoms with Crippen molar-refractivity contribution in [3.8, 4) is 11.5 Å². The van der Waals surface area contributed by atoms with E-state index in [1.807, 2.05) is 12.1 Å². The largest absolute Gasteiger partial charge is 0.508 e. The van der Waals surface area contributed by atoms with Crippen LogP contribution in [0.15, 0.2) is 36.4 Å². The number of nitrogens with zero attached hydrogens (tertiary/aromatic N) is 2. The monoisotopic (exact) mass is 530 g/mol. The van der Waals surface area contributed by atoms with Crippen LogP contribution in [-0.2, 0) is 45.1 Å². The number of ether oxygens (including phenoxy) is 1. The molecule has 0 unspecified atom stereocenters. The molecule has 2 rings (SSSR count). The molecule has 0 atom stereocenters. The van der Waals surface area contributed by atoms with Gasteiger partial charge < -0.3 is 25.2 Å². The molecule has 4 N–H and O–H groups in total. The highest BCUT2D eigenvalue weighted by Crippen LogP contribution is 2.23. The van der Waals surface area contributed by atoms with E-state index >= 15 is 0 Å². The minimum absolute atomic E-state index is 0.0192. The molecule has 0 fully saturated rings. The van der Waals surface area contributed by atoms with Crippen LogP contribution < -0.4 is 0 Å². The van der Waals surface area contributed by atoms with E-state index < -0.39 is 11.9 Å². The Morgan fingerprint density at radius 3 is 1.95 bits per heavy atom. The molecular formula is C28H38N2O8. The highest BCUT2D eigenvalue weighted by molar-refractivity contribution is 5.69. The number of carboxylic acids is 2. The molecule has 0 amide bonds. The Kier molecular flexibility index (Phi) is 12.5. The first-order valence-electron chi connectivity index (χ1n) is 12.6. The smallest absolute Gasteiger partial charge is 0.317 e. The molecular weight excluding hydrogens is 492 g/mol. The normalized spacial score (nSPS) is 11.3. The predicted molar refractivity (Wildman–Crippen MR) is 141 cm³/mol. The Hall–Kier alpha value is -3.63. The molecule has 0 saturated carbocycles. The first kappa shape index (κ1) is 30.6. The van der Waals surface area contributed by atoms with E-state index in [4.69, 9.17) is 9.84 Å². The zero-order valence-electron chi connectivity index (χ0n) is 22.0. The van der Waals surface area contributed by atoms with Crippen LogP contribution in [0.1, 0.15) is 48.9 Å². The minimum Gasteiger partial charge on any atom is -0.508 e. The third-order valence-corrected chi connectivity index (χ3v) is 6.13. The van der Waals surface area contributed by atoms with Crippen LogP contribution in [0.3, 0.4) is 0 Å². The summed E-state index contributed by atoms with van der Waals surface area (Å²) >= 11 is 0. The maximum absolute atomic E-state index is 11.6. The number of phenolic OH excluding ortho intramolecular Hbond substituents is 2. The average molecular weight is 531 g/mol. The highest BCUT2D eigenvalue weighted by Gasteiger charge is 2.17. The number of carboxylic acid groups (broad SMARTS) is 2. The second-order valence-electron chi connectivity index (χ2n) is 9.80. The molecule has 0 saturated heterocycles. The first-order chi connectivity index (χ1) is 18.1. The van der Waals surface area contributed by atoms with E-state index in [2.05, 4.69) is 13.8 Å². The van der Waals surface area contributed by atoms with Crippen molar-refractivity contribution in [3.63, 3.8) is 0 Å². The first-order valence-corrected chi connectivity index (χ1v) is 12.6. The van der Waals surface area contributed by atoms with Gasteiger partial charge in [0.1, 0.15) is 18.2 Å². The van der Waals surface area contributed by atoms with Gasteiger partial charge in [-0.25, -0.2) is 0 Å². The third kappa shape index (κ3) is 11.2. The summed E-state index contributed by atoms with van der Waals surface area (Å²) in [5, 5.41) is 39.2. The van der Waals surface area contributed by atoms with Gasteiger partial charge in [-0.2, -0.15) is 0 Å². The minimum atomic E-state index is -1.01. The number of hydrogen-bond acceptors (Lipinski definition) is 8. The van der Waals surface area contributed by atoms with Crippen LogP contribution in [0.25, 0.3) is 0 Å². The molecule has 0 aromatic heterocycles. The van der Waals surface area contributed by atoms with Crippen LogP contribution in [0.2, 0.25) is 0 Å². The maximum Gasteiger partial charge on any atom is 0.317 e. The van der Waals surface area contributed by atoms with E-state index in [0.717, 1.165) is 24.0 Å². The highest BCUT2D eigenvalue weighted by atomic mass is 16.5. The molecule has 10 nitrogen and oxygen atoms in total. The van der Waals surface area contributed by atoms with Gasteiger partial charge >= 0.3 is 11.9 Å². The molecule has 0 aliphatic heterocycles. The van der Waals surface area contributed by atoms with Crippen molar-refractivity contribution in [3.05, 3.63) is 58.7 Å². The average Bonchev–Trinajstić information content (AvgIpc) is 2.85. The Labute approximate surface area is 223 Å². The van der Waals surface area contributed by atoms with E-state index in [-0.39, 0.29) is 50.8 Å². The summed E-state index contributed by atoms with van der Waals surface area (Å²) in [6.07, 6.45) is 2.12. The third-order valence-electron chi connectivity index (χ3n) is 6.13. The summed E-state index contributed by atoms with van der Waals surface area (Å²) < 4.78 is 4.94. The SMILES string of the molecule is CC(C)CCc1ccc(O)c(CN(CCN(COC=O)Cc2cc(CCC(=O)O)ccc2O)CC(=O)O)c1. The van der Waals surface area contributed by atoms with Crippen LogP contribution in [-0.4, -0.2) is 75.0 Å². The van der Waals surface area contributed by atoms with Gasteiger partial charge in [-0.1, -0.05) is 38.1 Å². The van der Waals surface area contributed by atoms with Gasteiger partial charge in [-0.05, 0) is 48.4 Å². The molecule has 0 radical (unpaired) electrons. The summed E-state index contributed by atoms with van der Waals surface area (Å²) in [4.78, 5) is 36.7. The lowest BCUT2D eigenvalue weighted by Gasteiger charge is -2.27. The van der Waals surface area contributed by atoms with E-state index in [0.29, 0.717) is 36.5 Å². The molecule has 0 aliphatic carbocycles. The number of phenols is 2. The number of rotatable bonds is 18. The number of aliphatic carboxylic acids is 2. The van der Waals surface area contributed by atoms with Crippen LogP contribution in [0.5, 0.6) is 11.5 Å². The topological polar surface area (TPSA) is 148 Å². The lowest BCUT2D eigenvalue weighted by Crippen LogP contribution is -2.38. The van der Waals surface area contributed by atoms with Gasteiger partial charge in [0, 0.05) is 43.7 Å². The van der Waals surface area contributed by atoms with Crippen molar-refractivity contribution >= 4 is 18.4 Å². The van der Waals surface area contributed by atoms with Gasteiger partial charge in [0.2, 0.25) is 0 Å². The molecule has 2 aromatic rings. The van der Waals surface area contributed by atoms with Crippen LogP contribution >= 0.6 is 0 Å². The quantitative estimate of drug-likeness (QED) is 0.167. The lowest BCUT2D eigenvalue weighted by molar-refractivity contribution is -0.139. The Bertz CT molecular complexity index is 1070. The Morgan fingerprint density at radius 2 is 1.42 bits per heavy atom. The van der Waals surface area contributed by atoms with E-state index in [1.165, 1.54) is 6.07 Å². The van der Waals surface area contributed by atoms with Gasteiger partial charge in [0.25, 0.3) is 6.47 Å². The molecule has 10 heteroatoms. The summed E-state index contributed by atoms with van der Waals surface area (Å²) in [7, 11) is 0. The van der Waals surface area contributed by atoms with Crippen LogP contribution in [0, 0.1) is 5.92 Å². The summed E-state index contributed by atoms with van der Waals surface area (Å²) in [5.41, 5.74) is 2.98.